The average molecular weight is 254 g/mol. The highest BCUT2D eigenvalue weighted by Crippen LogP contribution is 2.02. The van der Waals surface area contributed by atoms with Gasteiger partial charge in [0.15, 0.2) is 0 Å². The monoisotopic (exact) mass is 254 g/mol. The van der Waals surface area contributed by atoms with Gasteiger partial charge in [-0.15, -0.1) is 0 Å². The second-order valence-corrected chi connectivity index (χ2v) is 4.19. The minimum atomic E-state index is -2.52. The largest absolute Gasteiger partial charge is 0.391 e. The molecular weight excluding hydrogens is 238 g/mol. The molecule has 0 fully saturated rings. The first-order valence-electron chi connectivity index (χ1n) is 4.72. The summed E-state index contributed by atoms with van der Waals surface area (Å²) in [5.74, 6) is -0.341. The third-order valence-electron chi connectivity index (χ3n) is 1.79. The van der Waals surface area contributed by atoms with Crippen molar-refractivity contribution in [3.8, 4) is 0 Å². The molecule has 7 heteroatoms. The van der Waals surface area contributed by atoms with Crippen molar-refractivity contribution in [2.75, 3.05) is 13.2 Å². The van der Waals surface area contributed by atoms with E-state index in [0.717, 1.165) is 0 Å². The zero-order valence-corrected chi connectivity index (χ0v) is 10.1. The molecule has 0 spiro atoms. The Hall–Kier alpha value is -0.820. The third kappa shape index (κ3) is 6.62. The van der Waals surface area contributed by atoms with Gasteiger partial charge in [0.25, 0.3) is 6.43 Å². The number of rotatable bonds is 7. The Balaban J connectivity index is 3.79. The van der Waals surface area contributed by atoms with Crippen LogP contribution in [0, 0.1) is 0 Å². The molecule has 0 atom stereocenters. The summed E-state index contributed by atoms with van der Waals surface area (Å²) < 4.78 is 27.9. The van der Waals surface area contributed by atoms with Gasteiger partial charge in [-0.2, -0.15) is 0 Å². The molecule has 0 unspecified atom stereocenters. The van der Waals surface area contributed by atoms with Crippen molar-refractivity contribution in [1.82, 2.24) is 5.32 Å². The lowest BCUT2D eigenvalue weighted by molar-refractivity contribution is -0.123. The van der Waals surface area contributed by atoms with Crippen LogP contribution in [0.5, 0.6) is 0 Å². The molecule has 0 aliphatic rings. The Bertz CT molecular complexity index is 260. The number of carbonyl (C=O) groups is 1. The van der Waals surface area contributed by atoms with Crippen molar-refractivity contribution in [2.24, 2.45) is 5.73 Å². The number of hydrogen-bond donors (Lipinski definition) is 2. The smallest absolute Gasteiger partial charge is 0.261 e. The van der Waals surface area contributed by atoms with E-state index in [1.54, 1.807) is 13.8 Å². The van der Waals surface area contributed by atoms with Crippen molar-refractivity contribution >= 4 is 23.1 Å². The maximum absolute atomic E-state index is 11.7. The molecule has 16 heavy (non-hydrogen) atoms. The van der Waals surface area contributed by atoms with E-state index in [1.165, 1.54) is 0 Å². The number of halogens is 2. The van der Waals surface area contributed by atoms with Gasteiger partial charge in [0.2, 0.25) is 5.91 Å². The lowest BCUT2D eigenvalue weighted by atomic mass is 10.1. The number of thiocarbonyl (C=S) groups is 1. The van der Waals surface area contributed by atoms with E-state index in [-0.39, 0.29) is 23.9 Å². The van der Waals surface area contributed by atoms with Crippen molar-refractivity contribution in [3.63, 3.8) is 0 Å². The fraction of sp³-hybridized carbons (Fsp3) is 0.778. The van der Waals surface area contributed by atoms with Crippen LogP contribution in [0.1, 0.15) is 20.3 Å². The van der Waals surface area contributed by atoms with Crippen molar-refractivity contribution in [3.05, 3.63) is 0 Å². The van der Waals surface area contributed by atoms with E-state index in [4.69, 9.17) is 18.0 Å². The maximum atomic E-state index is 11.7. The van der Waals surface area contributed by atoms with Crippen LogP contribution in [0.4, 0.5) is 8.78 Å². The van der Waals surface area contributed by atoms with Gasteiger partial charge >= 0.3 is 0 Å². The molecule has 1 amide bonds. The van der Waals surface area contributed by atoms with Crippen LogP contribution in [0.25, 0.3) is 0 Å². The zero-order valence-electron chi connectivity index (χ0n) is 9.26. The van der Waals surface area contributed by atoms with E-state index in [1.807, 2.05) is 0 Å². The van der Waals surface area contributed by atoms with Gasteiger partial charge in [0, 0.05) is 6.42 Å². The lowest BCUT2D eigenvalue weighted by Crippen LogP contribution is -2.52. The molecular formula is C9H16F2N2O2S. The van der Waals surface area contributed by atoms with E-state index < -0.39 is 18.6 Å². The molecule has 0 aromatic heterocycles. The van der Waals surface area contributed by atoms with Gasteiger partial charge in [0.1, 0.15) is 6.61 Å². The van der Waals surface area contributed by atoms with Crippen LogP contribution in [0.3, 0.4) is 0 Å². The van der Waals surface area contributed by atoms with Crippen LogP contribution < -0.4 is 11.1 Å². The number of amides is 1. The summed E-state index contributed by atoms with van der Waals surface area (Å²) in [7, 11) is 0. The average Bonchev–Trinajstić information content (AvgIpc) is 2.11. The fourth-order valence-corrected chi connectivity index (χ4v) is 0.861. The second-order valence-electron chi connectivity index (χ2n) is 3.75. The Morgan fingerprint density at radius 3 is 2.56 bits per heavy atom. The topological polar surface area (TPSA) is 64.3 Å². The molecule has 4 nitrogen and oxygen atoms in total. The highest BCUT2D eigenvalue weighted by Gasteiger charge is 2.23. The van der Waals surface area contributed by atoms with Crippen molar-refractivity contribution < 1.29 is 18.3 Å². The normalized spacial score (nSPS) is 11.6. The minimum absolute atomic E-state index is 0.00123. The predicted octanol–water partition coefficient (Wildman–Crippen LogP) is 0.839. The van der Waals surface area contributed by atoms with Crippen LogP contribution in [0.15, 0.2) is 0 Å². The van der Waals surface area contributed by atoms with Crippen LogP contribution in [-0.2, 0) is 9.53 Å². The van der Waals surface area contributed by atoms with Gasteiger partial charge in [-0.05, 0) is 13.8 Å². The maximum Gasteiger partial charge on any atom is 0.261 e. The molecule has 0 aliphatic carbocycles. The lowest BCUT2D eigenvalue weighted by Gasteiger charge is -2.24. The molecule has 0 bridgehead atoms. The minimum Gasteiger partial charge on any atom is -0.391 e. The quantitative estimate of drug-likeness (QED) is 0.522. The van der Waals surface area contributed by atoms with E-state index in [0.29, 0.717) is 0 Å². The SMILES string of the molecule is CC(C)(NC(=O)CCOCC(F)F)C(N)=S. The van der Waals surface area contributed by atoms with Crippen LogP contribution in [-0.4, -0.2) is 36.1 Å². The molecule has 0 aromatic carbocycles. The summed E-state index contributed by atoms with van der Waals surface area (Å²) in [6.07, 6.45) is -2.52. The number of ether oxygens (including phenoxy) is 1. The second kappa shape index (κ2) is 6.70. The Labute approximate surface area is 98.5 Å². The highest BCUT2D eigenvalue weighted by atomic mass is 32.1. The predicted molar refractivity (Wildman–Crippen MR) is 60.4 cm³/mol. The van der Waals surface area contributed by atoms with Crippen LogP contribution >= 0.6 is 12.2 Å². The highest BCUT2D eigenvalue weighted by molar-refractivity contribution is 7.80. The summed E-state index contributed by atoms with van der Waals surface area (Å²) in [6.45, 7) is 2.61. The van der Waals surface area contributed by atoms with E-state index in [9.17, 15) is 13.6 Å². The fourth-order valence-electron chi connectivity index (χ4n) is 0.810. The van der Waals surface area contributed by atoms with Crippen molar-refractivity contribution in [2.45, 2.75) is 32.2 Å². The molecule has 0 saturated carbocycles. The number of carbonyl (C=O) groups excluding carboxylic acids is 1. The Morgan fingerprint density at radius 1 is 1.56 bits per heavy atom. The molecule has 0 saturated heterocycles. The number of hydrogen-bond acceptors (Lipinski definition) is 3. The first-order valence-corrected chi connectivity index (χ1v) is 5.13. The van der Waals surface area contributed by atoms with Crippen molar-refractivity contribution in [1.29, 1.82) is 0 Å². The molecule has 94 valence electrons. The zero-order chi connectivity index (χ0) is 12.8. The number of nitrogens with one attached hydrogen (secondary N) is 1. The van der Waals surface area contributed by atoms with E-state index in [2.05, 4.69) is 10.1 Å². The van der Waals surface area contributed by atoms with Gasteiger partial charge in [-0.3, -0.25) is 4.79 Å². The number of alkyl halides is 2. The first kappa shape index (κ1) is 15.2. The van der Waals surface area contributed by atoms with Gasteiger partial charge < -0.3 is 15.8 Å². The number of nitrogens with two attached hydrogens (primary N) is 1. The Kier molecular flexibility index (Phi) is 6.35. The van der Waals surface area contributed by atoms with Crippen LogP contribution in [0.2, 0.25) is 0 Å². The molecule has 0 rings (SSSR count). The molecule has 0 aromatic rings. The molecule has 0 radical (unpaired) electrons. The molecule has 0 aliphatic heterocycles. The van der Waals surface area contributed by atoms with Gasteiger partial charge in [-0.25, -0.2) is 8.78 Å². The standard InChI is InChI=1S/C9H16F2N2O2S/c1-9(2,8(12)16)13-7(14)3-4-15-5-6(10)11/h6H,3-5H2,1-2H3,(H2,12,16)(H,13,14). The van der Waals surface area contributed by atoms with E-state index >= 15 is 0 Å². The van der Waals surface area contributed by atoms with Gasteiger partial charge in [0.05, 0.1) is 17.1 Å². The summed E-state index contributed by atoms with van der Waals surface area (Å²) >= 11 is 4.75. The summed E-state index contributed by atoms with van der Waals surface area (Å²) in [6, 6.07) is 0. The van der Waals surface area contributed by atoms with Gasteiger partial charge in [-0.1, -0.05) is 12.2 Å². The third-order valence-corrected chi connectivity index (χ3v) is 2.30. The Morgan fingerprint density at radius 2 is 2.12 bits per heavy atom. The summed E-state index contributed by atoms with van der Waals surface area (Å²) in [5.41, 5.74) is 4.62. The summed E-state index contributed by atoms with van der Waals surface area (Å²) in [5, 5.41) is 2.57. The summed E-state index contributed by atoms with van der Waals surface area (Å²) in [4.78, 5) is 11.5. The first-order chi connectivity index (χ1) is 7.25. The molecule has 0 heterocycles. The molecule has 3 N–H and O–H groups in total.